The number of hydrogen-bond acceptors (Lipinski definition) is 3. The van der Waals surface area contributed by atoms with E-state index in [9.17, 15) is 9.59 Å². The molecule has 0 aliphatic heterocycles. The molecule has 0 unspecified atom stereocenters. The first-order valence-corrected chi connectivity index (χ1v) is 9.73. The van der Waals surface area contributed by atoms with Crippen LogP contribution in [0, 0.1) is 0 Å². The molecular weight excluding hydrogens is 354 g/mol. The molecule has 0 heterocycles. The van der Waals surface area contributed by atoms with Crippen molar-refractivity contribution in [3.63, 3.8) is 0 Å². The van der Waals surface area contributed by atoms with Crippen molar-refractivity contribution in [3.8, 4) is 5.75 Å². The molecule has 0 atom stereocenters. The molecule has 0 bridgehead atoms. The van der Waals surface area contributed by atoms with Crippen molar-refractivity contribution in [2.75, 3.05) is 19.0 Å². The Morgan fingerprint density at radius 1 is 1.00 bits per heavy atom. The molecule has 0 aromatic heterocycles. The van der Waals surface area contributed by atoms with E-state index in [1.807, 2.05) is 24.3 Å². The maximum atomic E-state index is 12.2. The number of anilines is 1. The van der Waals surface area contributed by atoms with Gasteiger partial charge in [-0.15, -0.1) is 0 Å². The minimum absolute atomic E-state index is 0.0533. The summed E-state index contributed by atoms with van der Waals surface area (Å²) < 4.78 is 5.13. The molecule has 3 rings (SSSR count). The van der Waals surface area contributed by atoms with Crippen molar-refractivity contribution < 1.29 is 14.3 Å². The number of urea groups is 1. The summed E-state index contributed by atoms with van der Waals surface area (Å²) in [5, 5.41) is 8.68. The zero-order valence-corrected chi connectivity index (χ0v) is 16.2. The van der Waals surface area contributed by atoms with Gasteiger partial charge in [0.05, 0.1) is 7.11 Å². The topological polar surface area (TPSA) is 79.5 Å². The lowest BCUT2D eigenvalue weighted by molar-refractivity contribution is 0.0938. The number of ether oxygens (including phenoxy) is 1. The third-order valence-corrected chi connectivity index (χ3v) is 4.95. The molecular formula is C22H27N3O3. The van der Waals surface area contributed by atoms with E-state index in [0.29, 0.717) is 23.8 Å². The Labute approximate surface area is 165 Å². The van der Waals surface area contributed by atoms with Gasteiger partial charge < -0.3 is 20.7 Å². The Hall–Kier alpha value is -3.02. The Morgan fingerprint density at radius 2 is 1.68 bits per heavy atom. The highest BCUT2D eigenvalue weighted by molar-refractivity contribution is 5.95. The summed E-state index contributed by atoms with van der Waals surface area (Å²) >= 11 is 0. The first-order valence-electron chi connectivity index (χ1n) is 9.73. The van der Waals surface area contributed by atoms with Crippen LogP contribution < -0.4 is 20.7 Å². The van der Waals surface area contributed by atoms with Crippen molar-refractivity contribution in [3.05, 3.63) is 59.7 Å². The normalized spacial score (nSPS) is 13.8. The molecule has 0 spiro atoms. The molecule has 148 valence electrons. The SMILES string of the molecule is COc1ccc(CCNC(=O)Nc2ccc(C(=O)NC3CCCC3)cc2)cc1. The van der Waals surface area contributed by atoms with E-state index >= 15 is 0 Å². The predicted molar refractivity (Wildman–Crippen MR) is 110 cm³/mol. The Kier molecular flexibility index (Phi) is 6.89. The maximum absolute atomic E-state index is 12.2. The van der Waals surface area contributed by atoms with Crippen LogP contribution in [0.1, 0.15) is 41.6 Å². The lowest BCUT2D eigenvalue weighted by atomic mass is 10.1. The van der Waals surface area contributed by atoms with Gasteiger partial charge in [-0.05, 0) is 61.2 Å². The van der Waals surface area contributed by atoms with Gasteiger partial charge in [0.2, 0.25) is 0 Å². The summed E-state index contributed by atoms with van der Waals surface area (Å²) in [5.74, 6) is 0.761. The Morgan fingerprint density at radius 3 is 2.32 bits per heavy atom. The number of benzene rings is 2. The summed E-state index contributed by atoms with van der Waals surface area (Å²) in [5.41, 5.74) is 2.38. The van der Waals surface area contributed by atoms with Crippen LogP contribution in [-0.4, -0.2) is 31.6 Å². The number of rotatable bonds is 7. The summed E-state index contributed by atoms with van der Waals surface area (Å²) in [6.45, 7) is 0.528. The monoisotopic (exact) mass is 381 g/mol. The van der Waals surface area contributed by atoms with Gasteiger partial charge in [-0.2, -0.15) is 0 Å². The van der Waals surface area contributed by atoms with Crippen molar-refractivity contribution in [1.29, 1.82) is 0 Å². The van der Waals surface area contributed by atoms with Gasteiger partial charge in [-0.1, -0.05) is 25.0 Å². The molecule has 1 aliphatic carbocycles. The van der Waals surface area contributed by atoms with Crippen molar-refractivity contribution in [2.45, 2.75) is 38.1 Å². The largest absolute Gasteiger partial charge is 0.497 e. The predicted octanol–water partition coefficient (Wildman–Crippen LogP) is 3.73. The van der Waals surface area contributed by atoms with E-state index in [1.54, 1.807) is 31.4 Å². The van der Waals surface area contributed by atoms with Crippen LogP contribution in [0.25, 0.3) is 0 Å². The molecule has 0 radical (unpaired) electrons. The fourth-order valence-corrected chi connectivity index (χ4v) is 3.33. The van der Waals surface area contributed by atoms with Crippen molar-refractivity contribution in [2.24, 2.45) is 0 Å². The van der Waals surface area contributed by atoms with E-state index in [4.69, 9.17) is 4.74 Å². The summed E-state index contributed by atoms with van der Waals surface area (Å²) in [6, 6.07) is 14.7. The highest BCUT2D eigenvalue weighted by atomic mass is 16.5. The minimum atomic E-state index is -0.267. The fraction of sp³-hybridized carbons (Fsp3) is 0.364. The van der Waals surface area contributed by atoms with E-state index in [2.05, 4.69) is 16.0 Å². The smallest absolute Gasteiger partial charge is 0.319 e. The van der Waals surface area contributed by atoms with Crippen LogP contribution in [0.3, 0.4) is 0 Å². The molecule has 3 N–H and O–H groups in total. The molecule has 1 saturated carbocycles. The third-order valence-electron chi connectivity index (χ3n) is 4.95. The van der Waals surface area contributed by atoms with Gasteiger partial charge in [-0.25, -0.2) is 4.79 Å². The molecule has 3 amide bonds. The van der Waals surface area contributed by atoms with Crippen LogP contribution in [0.2, 0.25) is 0 Å². The van der Waals surface area contributed by atoms with Gasteiger partial charge in [0.1, 0.15) is 5.75 Å². The molecule has 2 aromatic rings. The number of carbonyl (C=O) groups excluding carboxylic acids is 2. The summed E-state index contributed by atoms with van der Waals surface area (Å²) in [4.78, 5) is 24.3. The second-order valence-electron chi connectivity index (χ2n) is 7.01. The van der Waals surface area contributed by atoms with Crippen LogP contribution in [0.15, 0.2) is 48.5 Å². The van der Waals surface area contributed by atoms with Gasteiger partial charge in [0, 0.05) is 23.8 Å². The average Bonchev–Trinajstić information content (AvgIpc) is 3.22. The lowest BCUT2D eigenvalue weighted by Crippen LogP contribution is -2.32. The third kappa shape index (κ3) is 5.74. The quantitative estimate of drug-likeness (QED) is 0.684. The average molecular weight is 381 g/mol. The van der Waals surface area contributed by atoms with E-state index < -0.39 is 0 Å². The highest BCUT2D eigenvalue weighted by Crippen LogP contribution is 2.18. The molecule has 2 aromatic carbocycles. The zero-order valence-electron chi connectivity index (χ0n) is 16.2. The second kappa shape index (κ2) is 9.78. The lowest BCUT2D eigenvalue weighted by Gasteiger charge is -2.12. The van der Waals surface area contributed by atoms with Gasteiger partial charge >= 0.3 is 6.03 Å². The Bertz CT molecular complexity index is 782. The van der Waals surface area contributed by atoms with Crippen molar-refractivity contribution >= 4 is 17.6 Å². The van der Waals surface area contributed by atoms with Crippen LogP contribution in [0.4, 0.5) is 10.5 Å². The maximum Gasteiger partial charge on any atom is 0.319 e. The highest BCUT2D eigenvalue weighted by Gasteiger charge is 2.17. The second-order valence-corrected chi connectivity index (χ2v) is 7.01. The van der Waals surface area contributed by atoms with E-state index in [1.165, 1.54) is 12.8 Å². The number of amides is 3. The fourth-order valence-electron chi connectivity index (χ4n) is 3.33. The van der Waals surface area contributed by atoms with Gasteiger partial charge in [0.15, 0.2) is 0 Å². The van der Waals surface area contributed by atoms with Crippen LogP contribution >= 0.6 is 0 Å². The number of nitrogens with one attached hydrogen (secondary N) is 3. The Balaban J connectivity index is 1.41. The molecule has 1 fully saturated rings. The molecule has 6 heteroatoms. The van der Waals surface area contributed by atoms with E-state index in [0.717, 1.165) is 30.6 Å². The molecule has 1 aliphatic rings. The minimum Gasteiger partial charge on any atom is -0.497 e. The molecule has 6 nitrogen and oxygen atoms in total. The molecule has 28 heavy (non-hydrogen) atoms. The van der Waals surface area contributed by atoms with E-state index in [-0.39, 0.29) is 11.9 Å². The van der Waals surface area contributed by atoms with Gasteiger partial charge in [0.25, 0.3) is 5.91 Å². The number of methoxy groups -OCH3 is 1. The zero-order chi connectivity index (χ0) is 19.8. The first kappa shape index (κ1) is 19.7. The number of carbonyl (C=O) groups is 2. The van der Waals surface area contributed by atoms with Crippen LogP contribution in [-0.2, 0) is 6.42 Å². The van der Waals surface area contributed by atoms with Crippen molar-refractivity contribution in [1.82, 2.24) is 10.6 Å². The molecule has 0 saturated heterocycles. The first-order chi connectivity index (χ1) is 13.6. The summed E-state index contributed by atoms with van der Waals surface area (Å²) in [6.07, 6.45) is 5.21. The number of hydrogen-bond donors (Lipinski definition) is 3. The standard InChI is InChI=1S/C22H27N3O3/c1-28-20-12-6-16(7-13-20)14-15-23-22(27)25-19-10-8-17(9-11-19)21(26)24-18-4-2-3-5-18/h6-13,18H,2-5,14-15H2,1H3,(H,24,26)(H2,23,25,27). The van der Waals surface area contributed by atoms with Crippen LogP contribution in [0.5, 0.6) is 5.75 Å². The summed E-state index contributed by atoms with van der Waals surface area (Å²) in [7, 11) is 1.63. The van der Waals surface area contributed by atoms with Gasteiger partial charge in [-0.3, -0.25) is 4.79 Å².